The third kappa shape index (κ3) is 3.37. The number of carbonyl (C=O) groups excluding carboxylic acids is 1. The average molecular weight is 408 g/mol. The molecule has 0 N–H and O–H groups in total. The Morgan fingerprint density at radius 1 is 1.22 bits per heavy atom. The minimum Gasteiger partial charge on any atom is -0.296 e. The zero-order valence-corrected chi connectivity index (χ0v) is 13.7. The fourth-order valence-electron chi connectivity index (χ4n) is 2.13. The number of alkyl halides is 5. The summed E-state index contributed by atoms with van der Waals surface area (Å²) in [4.78, 5) is 15.2. The Bertz CT molecular complexity index is 984. The number of tetrazole rings is 1. The monoisotopic (exact) mass is 407 g/mol. The van der Waals surface area contributed by atoms with Crippen LogP contribution in [-0.2, 0) is 12.5 Å². The van der Waals surface area contributed by atoms with Crippen molar-refractivity contribution in [2.24, 2.45) is 0 Å². The van der Waals surface area contributed by atoms with E-state index in [0.29, 0.717) is 6.29 Å². The highest BCUT2D eigenvalue weighted by molar-refractivity contribution is 6.32. The third-order valence-corrected chi connectivity index (χ3v) is 3.62. The van der Waals surface area contributed by atoms with E-state index in [4.69, 9.17) is 11.6 Å². The van der Waals surface area contributed by atoms with E-state index in [1.165, 1.54) is 18.3 Å². The van der Waals surface area contributed by atoms with Crippen molar-refractivity contribution in [3.05, 3.63) is 46.6 Å². The molecule has 0 amide bonds. The quantitative estimate of drug-likeness (QED) is 0.476. The van der Waals surface area contributed by atoms with E-state index in [1.54, 1.807) is 0 Å². The molecular formula is C13H7ClF5N7O. The maximum absolute atomic E-state index is 13.5. The smallest absolute Gasteiger partial charge is 0.296 e. The van der Waals surface area contributed by atoms with Crippen LogP contribution >= 0.6 is 11.6 Å². The Morgan fingerprint density at radius 3 is 2.59 bits per heavy atom. The fourth-order valence-corrected chi connectivity index (χ4v) is 2.33. The number of aromatic nitrogens is 7. The van der Waals surface area contributed by atoms with E-state index in [9.17, 15) is 26.7 Å². The fraction of sp³-hybridized carbons (Fsp3) is 0.231. The van der Waals surface area contributed by atoms with Crippen molar-refractivity contribution in [1.29, 1.82) is 0 Å². The molecule has 3 aromatic heterocycles. The van der Waals surface area contributed by atoms with Crippen LogP contribution in [0.25, 0.3) is 5.82 Å². The summed E-state index contributed by atoms with van der Waals surface area (Å²) in [5.41, 5.74) is -0.117. The van der Waals surface area contributed by atoms with Crippen LogP contribution in [0.3, 0.4) is 0 Å². The van der Waals surface area contributed by atoms with Crippen LogP contribution in [0.1, 0.15) is 22.0 Å². The molecule has 0 fully saturated rings. The van der Waals surface area contributed by atoms with Crippen LogP contribution in [0.15, 0.2) is 24.4 Å². The zero-order chi connectivity index (χ0) is 19.8. The van der Waals surface area contributed by atoms with Gasteiger partial charge >= 0.3 is 12.1 Å². The van der Waals surface area contributed by atoms with Crippen LogP contribution in [0.5, 0.6) is 0 Å². The van der Waals surface area contributed by atoms with Gasteiger partial charge in [0.05, 0.1) is 17.3 Å². The number of halogens is 6. The first kappa shape index (κ1) is 18.8. The molecule has 0 aliphatic rings. The highest BCUT2D eigenvalue weighted by Gasteiger charge is 2.62. The summed E-state index contributed by atoms with van der Waals surface area (Å²) in [5.74, 6) is -6.89. The van der Waals surface area contributed by atoms with Crippen LogP contribution in [0, 0.1) is 0 Å². The number of hydrogen-bond donors (Lipinski definition) is 0. The Balaban J connectivity index is 1.99. The largest absolute Gasteiger partial charge is 0.461 e. The van der Waals surface area contributed by atoms with Crippen molar-refractivity contribution in [3.8, 4) is 5.82 Å². The van der Waals surface area contributed by atoms with E-state index in [-0.39, 0.29) is 26.9 Å². The number of nitrogens with zero attached hydrogens (tertiary/aromatic N) is 7. The standard InChI is InChI=1S/C13H7ClF5N7O/c14-9-2-1-3-20-10(9)26-8(6-27)4-7(22-26)5-25-11(21-23-24-25)12(15,16)13(17,18)19/h1-4,6H,5H2. The number of hydrogen-bond acceptors (Lipinski definition) is 6. The lowest BCUT2D eigenvalue weighted by Gasteiger charge is -2.18. The molecule has 14 heteroatoms. The summed E-state index contributed by atoms with van der Waals surface area (Å²) >= 11 is 5.97. The zero-order valence-electron chi connectivity index (χ0n) is 12.9. The van der Waals surface area contributed by atoms with Crippen molar-refractivity contribution in [2.45, 2.75) is 18.6 Å². The van der Waals surface area contributed by atoms with Gasteiger partial charge in [0.1, 0.15) is 5.69 Å². The minimum absolute atomic E-state index is 0.0530. The molecule has 0 atom stereocenters. The molecule has 3 aromatic rings. The van der Waals surface area contributed by atoms with Crippen molar-refractivity contribution in [3.63, 3.8) is 0 Å². The van der Waals surface area contributed by atoms with Crippen LogP contribution < -0.4 is 0 Å². The summed E-state index contributed by atoms with van der Waals surface area (Å²) in [5, 5.41) is 12.9. The Morgan fingerprint density at radius 2 is 1.96 bits per heavy atom. The molecule has 0 saturated carbocycles. The van der Waals surface area contributed by atoms with E-state index in [0.717, 1.165) is 10.7 Å². The van der Waals surface area contributed by atoms with Gasteiger partial charge in [0, 0.05) is 6.20 Å². The minimum atomic E-state index is -5.88. The molecule has 142 valence electrons. The molecule has 3 heterocycles. The van der Waals surface area contributed by atoms with Crippen molar-refractivity contribution >= 4 is 17.9 Å². The highest BCUT2D eigenvalue weighted by atomic mass is 35.5. The molecule has 27 heavy (non-hydrogen) atoms. The Kier molecular flexibility index (Phi) is 4.63. The van der Waals surface area contributed by atoms with Gasteiger partial charge in [-0.1, -0.05) is 11.6 Å². The molecule has 3 rings (SSSR count). The number of rotatable bonds is 5. The van der Waals surface area contributed by atoms with Gasteiger partial charge in [-0.05, 0) is 28.6 Å². The van der Waals surface area contributed by atoms with E-state index >= 15 is 0 Å². The van der Waals surface area contributed by atoms with Crippen LogP contribution in [0.2, 0.25) is 5.02 Å². The summed E-state index contributed by atoms with van der Waals surface area (Å²) in [6.45, 7) is -0.647. The van der Waals surface area contributed by atoms with Crippen LogP contribution in [-0.4, -0.2) is 47.4 Å². The summed E-state index contributed by atoms with van der Waals surface area (Å²) in [7, 11) is 0. The molecule has 0 unspecified atom stereocenters. The highest BCUT2D eigenvalue weighted by Crippen LogP contribution is 2.42. The second-order valence-electron chi connectivity index (χ2n) is 5.13. The first-order chi connectivity index (χ1) is 12.6. The van der Waals surface area contributed by atoms with Gasteiger partial charge in [-0.3, -0.25) is 4.79 Å². The lowest BCUT2D eigenvalue weighted by atomic mass is 10.3. The first-order valence-corrected chi connectivity index (χ1v) is 7.39. The number of aldehydes is 1. The second kappa shape index (κ2) is 6.64. The average Bonchev–Trinajstić information content (AvgIpc) is 3.21. The molecule has 0 bridgehead atoms. The van der Waals surface area contributed by atoms with Crippen molar-refractivity contribution in [2.75, 3.05) is 0 Å². The predicted octanol–water partition coefficient (Wildman–Crippen LogP) is 2.42. The molecule has 0 radical (unpaired) electrons. The van der Waals surface area contributed by atoms with Gasteiger partial charge < -0.3 is 0 Å². The molecule has 0 aliphatic carbocycles. The van der Waals surface area contributed by atoms with Gasteiger partial charge in [-0.2, -0.15) is 27.1 Å². The van der Waals surface area contributed by atoms with Gasteiger partial charge in [0.2, 0.25) is 5.82 Å². The normalized spacial score (nSPS) is 12.4. The maximum atomic E-state index is 13.5. The van der Waals surface area contributed by atoms with Crippen LogP contribution in [0.4, 0.5) is 22.0 Å². The third-order valence-electron chi connectivity index (χ3n) is 3.33. The van der Waals surface area contributed by atoms with Crippen molar-refractivity contribution < 1.29 is 26.7 Å². The lowest BCUT2D eigenvalue weighted by molar-refractivity contribution is -0.293. The maximum Gasteiger partial charge on any atom is 0.461 e. The summed E-state index contributed by atoms with van der Waals surface area (Å²) in [6, 6.07) is 4.17. The van der Waals surface area contributed by atoms with Gasteiger partial charge in [0.15, 0.2) is 12.1 Å². The van der Waals surface area contributed by atoms with Crippen molar-refractivity contribution in [1.82, 2.24) is 35.0 Å². The van der Waals surface area contributed by atoms with E-state index < -0.39 is 24.5 Å². The molecule has 0 spiro atoms. The Hall–Kier alpha value is -2.96. The summed E-state index contributed by atoms with van der Waals surface area (Å²) < 4.78 is 66.0. The second-order valence-corrected chi connectivity index (χ2v) is 5.54. The molecule has 8 nitrogen and oxygen atoms in total. The SMILES string of the molecule is O=Cc1cc(Cn2nnnc2C(F)(F)C(F)(F)F)nn1-c1ncccc1Cl. The van der Waals surface area contributed by atoms with E-state index in [2.05, 4.69) is 25.6 Å². The molecular weight excluding hydrogens is 401 g/mol. The summed E-state index contributed by atoms with van der Waals surface area (Å²) in [6.07, 6.45) is -4.11. The molecule has 0 aromatic carbocycles. The topological polar surface area (TPSA) is 91.4 Å². The number of carbonyl (C=O) groups is 1. The Labute approximate surface area is 151 Å². The van der Waals surface area contributed by atoms with E-state index in [1.807, 2.05) is 0 Å². The van der Waals surface area contributed by atoms with Gasteiger partial charge in [-0.25, -0.2) is 14.3 Å². The van der Waals surface area contributed by atoms with Gasteiger partial charge in [-0.15, -0.1) is 5.10 Å². The first-order valence-electron chi connectivity index (χ1n) is 7.01. The van der Waals surface area contributed by atoms with Gasteiger partial charge in [0.25, 0.3) is 0 Å². The lowest BCUT2D eigenvalue weighted by Crippen LogP contribution is -2.36. The molecule has 0 aliphatic heterocycles. The predicted molar refractivity (Wildman–Crippen MR) is 78.6 cm³/mol. The number of pyridine rings is 1. The molecule has 0 saturated heterocycles.